The molecule has 0 atom stereocenters. The third kappa shape index (κ3) is 5.90. The van der Waals surface area contributed by atoms with Crippen molar-refractivity contribution in [3.8, 4) is 11.3 Å². The van der Waals surface area contributed by atoms with Crippen LogP contribution < -0.4 is 10.7 Å². The van der Waals surface area contributed by atoms with Gasteiger partial charge in [0, 0.05) is 23.2 Å². The van der Waals surface area contributed by atoms with Crippen molar-refractivity contribution in [2.24, 2.45) is 5.10 Å². The third-order valence-electron chi connectivity index (χ3n) is 4.64. The fourth-order valence-corrected chi connectivity index (χ4v) is 3.08. The molecule has 5 nitrogen and oxygen atoms in total. The molecule has 154 valence electrons. The number of hydrogen-bond donors (Lipinski definition) is 2. The second-order valence-electron chi connectivity index (χ2n) is 7.09. The van der Waals surface area contributed by atoms with Crippen LogP contribution in [-0.4, -0.2) is 16.2 Å². The number of nitrogens with one attached hydrogen (secondary N) is 2. The molecule has 1 heterocycles. The molecule has 0 aliphatic carbocycles. The molecular formula is C25H22ClN5. The van der Waals surface area contributed by atoms with Crippen LogP contribution in [0.4, 0.5) is 11.8 Å². The normalized spacial score (nSPS) is 10.9. The molecule has 0 radical (unpaired) electrons. The van der Waals surface area contributed by atoms with Crippen LogP contribution in [0.15, 0.2) is 90.0 Å². The topological polar surface area (TPSA) is 62.2 Å². The number of rotatable bonds is 7. The van der Waals surface area contributed by atoms with Gasteiger partial charge in [0.1, 0.15) is 5.82 Å². The first kappa shape index (κ1) is 20.6. The Morgan fingerprint density at radius 3 is 2.39 bits per heavy atom. The molecule has 2 N–H and O–H groups in total. The number of benzene rings is 3. The van der Waals surface area contributed by atoms with E-state index in [2.05, 4.69) is 32.7 Å². The molecule has 0 fully saturated rings. The average molecular weight is 428 g/mol. The van der Waals surface area contributed by atoms with E-state index >= 15 is 0 Å². The number of aromatic nitrogens is 2. The SMILES string of the molecule is Cc1ccc(C=NNc2nc(NCc3ccc(Cl)cc3)cc(-c3ccccc3)n2)cc1. The highest BCUT2D eigenvalue weighted by Gasteiger charge is 2.07. The molecule has 1 aromatic heterocycles. The monoisotopic (exact) mass is 427 g/mol. The van der Waals surface area contributed by atoms with Gasteiger partial charge in [-0.05, 0) is 30.2 Å². The lowest BCUT2D eigenvalue weighted by atomic mass is 10.1. The van der Waals surface area contributed by atoms with E-state index < -0.39 is 0 Å². The number of halogens is 1. The van der Waals surface area contributed by atoms with E-state index in [9.17, 15) is 0 Å². The van der Waals surface area contributed by atoms with E-state index in [4.69, 9.17) is 11.6 Å². The third-order valence-corrected chi connectivity index (χ3v) is 4.89. The van der Waals surface area contributed by atoms with Crippen molar-refractivity contribution in [2.45, 2.75) is 13.5 Å². The summed E-state index contributed by atoms with van der Waals surface area (Å²) in [6.45, 7) is 2.68. The Kier molecular flexibility index (Phi) is 6.55. The van der Waals surface area contributed by atoms with Gasteiger partial charge < -0.3 is 5.32 Å². The molecule has 0 amide bonds. The van der Waals surface area contributed by atoms with Gasteiger partial charge >= 0.3 is 0 Å². The van der Waals surface area contributed by atoms with Gasteiger partial charge in [0.15, 0.2) is 0 Å². The molecule has 0 spiro atoms. The Hall–Kier alpha value is -3.70. The highest BCUT2D eigenvalue weighted by atomic mass is 35.5. The lowest BCUT2D eigenvalue weighted by Crippen LogP contribution is -2.05. The first-order valence-electron chi connectivity index (χ1n) is 9.94. The highest BCUT2D eigenvalue weighted by molar-refractivity contribution is 6.30. The molecular weight excluding hydrogens is 406 g/mol. The van der Waals surface area contributed by atoms with Crippen LogP contribution >= 0.6 is 11.6 Å². The van der Waals surface area contributed by atoms with E-state index in [0.29, 0.717) is 18.3 Å². The molecule has 4 aromatic rings. The minimum Gasteiger partial charge on any atom is -0.366 e. The predicted molar refractivity (Wildman–Crippen MR) is 129 cm³/mol. The highest BCUT2D eigenvalue weighted by Crippen LogP contribution is 2.22. The number of aryl methyl sites for hydroxylation is 1. The molecule has 3 aromatic carbocycles. The van der Waals surface area contributed by atoms with Crippen LogP contribution in [0.3, 0.4) is 0 Å². The Morgan fingerprint density at radius 2 is 1.65 bits per heavy atom. The summed E-state index contributed by atoms with van der Waals surface area (Å²) in [5, 5.41) is 8.38. The molecule has 0 saturated heterocycles. The van der Waals surface area contributed by atoms with E-state index in [-0.39, 0.29) is 0 Å². The fourth-order valence-electron chi connectivity index (χ4n) is 2.96. The van der Waals surface area contributed by atoms with E-state index in [0.717, 1.165) is 27.4 Å². The first-order valence-corrected chi connectivity index (χ1v) is 10.3. The van der Waals surface area contributed by atoms with Crippen molar-refractivity contribution in [1.82, 2.24) is 9.97 Å². The van der Waals surface area contributed by atoms with Gasteiger partial charge in [-0.1, -0.05) is 83.9 Å². The minimum atomic E-state index is 0.420. The van der Waals surface area contributed by atoms with Crippen LogP contribution in [0.25, 0.3) is 11.3 Å². The molecule has 0 bridgehead atoms. The molecule has 4 rings (SSSR count). The Morgan fingerprint density at radius 1 is 0.903 bits per heavy atom. The quantitative estimate of drug-likeness (QED) is 0.273. The summed E-state index contributed by atoms with van der Waals surface area (Å²) >= 11 is 5.98. The smallest absolute Gasteiger partial charge is 0.246 e. The molecule has 0 aliphatic rings. The van der Waals surface area contributed by atoms with Crippen molar-refractivity contribution in [2.75, 3.05) is 10.7 Å². The van der Waals surface area contributed by atoms with Crippen molar-refractivity contribution in [1.29, 1.82) is 0 Å². The summed E-state index contributed by atoms with van der Waals surface area (Å²) in [7, 11) is 0. The summed E-state index contributed by atoms with van der Waals surface area (Å²) in [5.41, 5.74) is 8.08. The van der Waals surface area contributed by atoms with Crippen LogP contribution in [0.2, 0.25) is 5.02 Å². The van der Waals surface area contributed by atoms with Crippen molar-refractivity contribution in [3.05, 3.63) is 107 Å². The van der Waals surface area contributed by atoms with Crippen molar-refractivity contribution < 1.29 is 0 Å². The van der Waals surface area contributed by atoms with Crippen LogP contribution in [0.5, 0.6) is 0 Å². The first-order chi connectivity index (χ1) is 15.2. The van der Waals surface area contributed by atoms with Crippen LogP contribution in [0.1, 0.15) is 16.7 Å². The Labute approximate surface area is 186 Å². The van der Waals surface area contributed by atoms with Gasteiger partial charge in [-0.3, -0.25) is 0 Å². The number of anilines is 2. The van der Waals surface area contributed by atoms with Gasteiger partial charge in [0.25, 0.3) is 0 Å². The van der Waals surface area contributed by atoms with Gasteiger partial charge in [0.2, 0.25) is 5.95 Å². The zero-order valence-corrected chi connectivity index (χ0v) is 17.8. The molecule has 0 aliphatic heterocycles. The van der Waals surface area contributed by atoms with E-state index in [1.165, 1.54) is 5.56 Å². The molecule has 0 saturated carbocycles. The maximum atomic E-state index is 5.98. The van der Waals surface area contributed by atoms with Gasteiger partial charge in [-0.2, -0.15) is 10.1 Å². The maximum absolute atomic E-state index is 5.98. The van der Waals surface area contributed by atoms with Gasteiger partial charge in [-0.25, -0.2) is 10.4 Å². The second kappa shape index (κ2) is 9.87. The second-order valence-corrected chi connectivity index (χ2v) is 7.53. The van der Waals surface area contributed by atoms with E-state index in [1.54, 1.807) is 6.21 Å². The fraction of sp³-hybridized carbons (Fsp3) is 0.0800. The summed E-state index contributed by atoms with van der Waals surface area (Å²) in [5.74, 6) is 1.13. The Balaban J connectivity index is 1.55. The van der Waals surface area contributed by atoms with Gasteiger partial charge in [-0.15, -0.1) is 0 Å². The van der Waals surface area contributed by atoms with Crippen LogP contribution in [0, 0.1) is 6.92 Å². The molecule has 0 unspecified atom stereocenters. The molecule has 6 heteroatoms. The summed E-state index contributed by atoms with van der Waals surface area (Å²) in [6.07, 6.45) is 1.75. The standard InChI is InChI=1S/C25H22ClN5/c1-18-7-9-20(10-8-18)17-28-31-25-29-23(21-5-3-2-4-6-21)15-24(30-25)27-16-19-11-13-22(26)14-12-19/h2-15,17H,16H2,1H3,(H2,27,29,30,31). The zero-order chi connectivity index (χ0) is 21.5. The van der Waals surface area contributed by atoms with Crippen molar-refractivity contribution in [3.63, 3.8) is 0 Å². The van der Waals surface area contributed by atoms with E-state index in [1.807, 2.05) is 84.9 Å². The lowest BCUT2D eigenvalue weighted by molar-refractivity contribution is 1.07. The average Bonchev–Trinajstić information content (AvgIpc) is 2.80. The minimum absolute atomic E-state index is 0.420. The Bertz CT molecular complexity index is 1160. The number of nitrogens with zero attached hydrogens (tertiary/aromatic N) is 3. The zero-order valence-electron chi connectivity index (χ0n) is 17.1. The maximum Gasteiger partial charge on any atom is 0.246 e. The largest absolute Gasteiger partial charge is 0.366 e. The number of hydrogen-bond acceptors (Lipinski definition) is 5. The molecule has 31 heavy (non-hydrogen) atoms. The lowest BCUT2D eigenvalue weighted by Gasteiger charge is -2.10. The van der Waals surface area contributed by atoms with Crippen molar-refractivity contribution >= 4 is 29.6 Å². The van der Waals surface area contributed by atoms with Crippen LogP contribution in [-0.2, 0) is 6.54 Å². The predicted octanol–water partition coefficient (Wildman–Crippen LogP) is 6.16. The summed E-state index contributed by atoms with van der Waals surface area (Å²) in [4.78, 5) is 9.19. The number of hydrazone groups is 1. The van der Waals surface area contributed by atoms with Gasteiger partial charge in [0.05, 0.1) is 11.9 Å². The summed E-state index contributed by atoms with van der Waals surface area (Å²) in [6, 6.07) is 27.8. The summed E-state index contributed by atoms with van der Waals surface area (Å²) < 4.78 is 0.